The van der Waals surface area contributed by atoms with E-state index in [9.17, 15) is 9.59 Å². The van der Waals surface area contributed by atoms with E-state index in [1.54, 1.807) is 0 Å². The number of nitrogens with one attached hydrogen (secondary N) is 2. The largest absolute Gasteiger partial charge is 0.338 e. The summed E-state index contributed by atoms with van der Waals surface area (Å²) >= 11 is 0. The molecule has 20 heavy (non-hydrogen) atoms. The average Bonchev–Trinajstić information content (AvgIpc) is 2.79. The Bertz CT molecular complexity index is 359. The van der Waals surface area contributed by atoms with Gasteiger partial charge in [0.05, 0.1) is 6.04 Å². The second kappa shape index (κ2) is 7.04. The fourth-order valence-electron chi connectivity index (χ4n) is 2.28. The van der Waals surface area contributed by atoms with Crippen molar-refractivity contribution in [3.05, 3.63) is 0 Å². The van der Waals surface area contributed by atoms with Crippen molar-refractivity contribution in [3.8, 4) is 0 Å². The van der Waals surface area contributed by atoms with Crippen molar-refractivity contribution in [2.75, 3.05) is 26.2 Å². The van der Waals surface area contributed by atoms with Gasteiger partial charge in [0, 0.05) is 13.1 Å². The van der Waals surface area contributed by atoms with Crippen molar-refractivity contribution in [3.63, 3.8) is 0 Å². The van der Waals surface area contributed by atoms with Crippen molar-refractivity contribution < 1.29 is 9.59 Å². The lowest BCUT2D eigenvalue weighted by Gasteiger charge is -2.26. The Morgan fingerprint density at radius 2 is 2.00 bits per heavy atom. The van der Waals surface area contributed by atoms with Crippen LogP contribution in [0.15, 0.2) is 0 Å². The molecule has 0 bridgehead atoms. The zero-order valence-corrected chi connectivity index (χ0v) is 13.0. The molecule has 0 spiro atoms. The third-order valence-electron chi connectivity index (χ3n) is 3.91. The van der Waals surface area contributed by atoms with Gasteiger partial charge in [-0.25, -0.2) is 4.79 Å². The monoisotopic (exact) mass is 284 g/mol. The summed E-state index contributed by atoms with van der Waals surface area (Å²) in [4.78, 5) is 25.7. The summed E-state index contributed by atoms with van der Waals surface area (Å²) in [6.45, 7) is 10.8. The van der Waals surface area contributed by atoms with Crippen LogP contribution in [-0.4, -0.2) is 49.1 Å². The third-order valence-corrected chi connectivity index (χ3v) is 3.91. The number of imide groups is 1. The van der Waals surface area contributed by atoms with E-state index >= 15 is 0 Å². The van der Waals surface area contributed by atoms with Crippen molar-refractivity contribution in [2.24, 2.45) is 17.1 Å². The lowest BCUT2D eigenvalue weighted by atomic mass is 9.90. The van der Waals surface area contributed by atoms with Crippen molar-refractivity contribution >= 4 is 11.9 Å². The van der Waals surface area contributed by atoms with Crippen LogP contribution in [0.2, 0.25) is 0 Å². The highest BCUT2D eigenvalue weighted by molar-refractivity contribution is 5.96. The van der Waals surface area contributed by atoms with Crippen LogP contribution in [0.1, 0.15) is 34.1 Å². The molecular weight excluding hydrogens is 256 g/mol. The van der Waals surface area contributed by atoms with Gasteiger partial charge in [0.25, 0.3) is 0 Å². The first-order valence-electron chi connectivity index (χ1n) is 7.30. The zero-order valence-electron chi connectivity index (χ0n) is 13.0. The van der Waals surface area contributed by atoms with Gasteiger partial charge in [0.2, 0.25) is 5.91 Å². The van der Waals surface area contributed by atoms with E-state index in [-0.39, 0.29) is 17.4 Å². The highest BCUT2D eigenvalue weighted by atomic mass is 16.2. The topological polar surface area (TPSA) is 87.5 Å². The van der Waals surface area contributed by atoms with E-state index in [0.717, 1.165) is 19.5 Å². The molecule has 0 aromatic carbocycles. The van der Waals surface area contributed by atoms with Crippen molar-refractivity contribution in [1.82, 2.24) is 15.5 Å². The quantitative estimate of drug-likeness (QED) is 0.687. The van der Waals surface area contributed by atoms with Crippen LogP contribution >= 0.6 is 0 Å². The molecule has 0 aliphatic carbocycles. The van der Waals surface area contributed by atoms with Crippen molar-refractivity contribution in [1.29, 1.82) is 0 Å². The second-order valence-electron chi connectivity index (χ2n) is 6.50. The lowest BCUT2D eigenvalue weighted by molar-refractivity contribution is -0.124. The fraction of sp³-hybridized carbons (Fsp3) is 0.857. The molecule has 0 radical (unpaired) electrons. The molecule has 1 aliphatic rings. The number of amides is 3. The van der Waals surface area contributed by atoms with E-state index in [1.807, 2.05) is 20.8 Å². The molecule has 1 fully saturated rings. The molecule has 1 aliphatic heterocycles. The van der Waals surface area contributed by atoms with Gasteiger partial charge in [-0.3, -0.25) is 15.0 Å². The molecule has 6 nitrogen and oxygen atoms in total. The summed E-state index contributed by atoms with van der Waals surface area (Å²) < 4.78 is 0. The molecule has 2 unspecified atom stereocenters. The molecule has 4 N–H and O–H groups in total. The first-order chi connectivity index (χ1) is 9.27. The molecule has 1 rings (SSSR count). The van der Waals surface area contributed by atoms with Gasteiger partial charge >= 0.3 is 6.03 Å². The zero-order chi connectivity index (χ0) is 15.3. The number of carbonyl (C=O) groups is 2. The molecule has 0 aromatic rings. The molecule has 0 saturated carbocycles. The molecular formula is C14H28N4O2. The summed E-state index contributed by atoms with van der Waals surface area (Å²) in [5.74, 6) is 0.102. The molecule has 116 valence electrons. The number of hydrogen-bond acceptors (Lipinski definition) is 4. The van der Waals surface area contributed by atoms with Gasteiger partial charge in [-0.2, -0.15) is 0 Å². The second-order valence-corrected chi connectivity index (χ2v) is 6.50. The van der Waals surface area contributed by atoms with E-state index in [2.05, 4.69) is 22.5 Å². The Morgan fingerprint density at radius 3 is 2.50 bits per heavy atom. The summed E-state index contributed by atoms with van der Waals surface area (Å²) in [5, 5.41) is 5.07. The highest BCUT2D eigenvalue weighted by Crippen LogP contribution is 2.29. The maximum atomic E-state index is 12.0. The van der Waals surface area contributed by atoms with Crippen molar-refractivity contribution in [2.45, 2.75) is 40.2 Å². The number of nitrogens with two attached hydrogens (primary N) is 1. The standard InChI is InChI=1S/C14H28N4O2/c1-10(2)7-16-13(20)17-12(19)11(3)18-6-5-14(4,8-15)9-18/h10-11H,5-9,15H2,1-4H3,(H2,16,17,19,20). The Kier molecular flexibility index (Phi) is 5.95. The van der Waals surface area contributed by atoms with Crippen LogP contribution in [0.25, 0.3) is 0 Å². The van der Waals surface area contributed by atoms with Gasteiger partial charge in [-0.1, -0.05) is 20.8 Å². The van der Waals surface area contributed by atoms with Crippen LogP contribution in [0.4, 0.5) is 4.79 Å². The minimum Gasteiger partial charge on any atom is -0.338 e. The average molecular weight is 284 g/mol. The number of carbonyl (C=O) groups excluding carboxylic acids is 2. The molecule has 2 atom stereocenters. The number of rotatable bonds is 5. The normalized spacial score (nSPS) is 24.7. The SMILES string of the molecule is CC(C)CNC(=O)NC(=O)C(C)N1CCC(C)(CN)C1. The van der Waals surface area contributed by atoms with E-state index in [0.29, 0.717) is 19.0 Å². The minimum atomic E-state index is -0.420. The van der Waals surface area contributed by atoms with Crippen LogP contribution < -0.4 is 16.4 Å². The summed E-state index contributed by atoms with van der Waals surface area (Å²) in [7, 11) is 0. The van der Waals surface area contributed by atoms with Crippen LogP contribution in [0, 0.1) is 11.3 Å². The molecule has 0 aromatic heterocycles. The predicted molar refractivity (Wildman–Crippen MR) is 79.2 cm³/mol. The maximum Gasteiger partial charge on any atom is 0.321 e. The molecule has 3 amide bonds. The molecule has 1 heterocycles. The Morgan fingerprint density at radius 1 is 1.35 bits per heavy atom. The van der Waals surface area contributed by atoms with Gasteiger partial charge in [-0.05, 0) is 37.8 Å². The van der Waals surface area contributed by atoms with E-state index in [4.69, 9.17) is 5.73 Å². The third kappa shape index (κ3) is 4.76. The number of urea groups is 1. The number of hydrogen-bond donors (Lipinski definition) is 3. The van der Waals surface area contributed by atoms with E-state index in [1.165, 1.54) is 0 Å². The van der Waals surface area contributed by atoms with E-state index < -0.39 is 6.03 Å². The first-order valence-corrected chi connectivity index (χ1v) is 7.30. The Hall–Kier alpha value is -1.14. The van der Waals surface area contributed by atoms with Gasteiger partial charge < -0.3 is 11.1 Å². The molecule has 1 saturated heterocycles. The predicted octanol–water partition coefficient (Wildman–Crippen LogP) is 0.527. The number of nitrogens with zero attached hydrogens (tertiary/aromatic N) is 1. The molecule has 6 heteroatoms. The van der Waals surface area contributed by atoms with Gasteiger partial charge in [-0.15, -0.1) is 0 Å². The highest BCUT2D eigenvalue weighted by Gasteiger charge is 2.36. The summed E-state index contributed by atoms with van der Waals surface area (Å²) in [5.41, 5.74) is 5.84. The van der Waals surface area contributed by atoms with Gasteiger partial charge in [0.15, 0.2) is 0 Å². The summed E-state index contributed by atoms with van der Waals surface area (Å²) in [6, 6.07) is -0.732. The number of likely N-dealkylation sites (tertiary alicyclic amines) is 1. The lowest BCUT2D eigenvalue weighted by Crippen LogP contribution is -2.50. The fourth-order valence-corrected chi connectivity index (χ4v) is 2.28. The summed E-state index contributed by atoms with van der Waals surface area (Å²) in [6.07, 6.45) is 0.987. The Labute approximate surface area is 121 Å². The maximum absolute atomic E-state index is 12.0. The first kappa shape index (κ1) is 16.9. The van der Waals surface area contributed by atoms with Gasteiger partial charge in [0.1, 0.15) is 0 Å². The van der Waals surface area contributed by atoms with Crippen LogP contribution in [-0.2, 0) is 4.79 Å². The minimum absolute atomic E-state index is 0.0778. The van der Waals surface area contributed by atoms with Crippen LogP contribution in [0.3, 0.4) is 0 Å². The Balaban J connectivity index is 2.42. The smallest absolute Gasteiger partial charge is 0.321 e. The van der Waals surface area contributed by atoms with Crippen LogP contribution in [0.5, 0.6) is 0 Å².